The molecule has 1 aliphatic heterocycles. The normalized spacial score (nSPS) is 23.7. The van der Waals surface area contributed by atoms with Crippen LogP contribution >= 0.6 is 0 Å². The third-order valence-electron chi connectivity index (χ3n) is 3.30. The van der Waals surface area contributed by atoms with Crippen LogP contribution in [0.4, 0.5) is 0 Å². The maximum Gasteiger partial charge on any atom is 0.329 e. The Bertz CT molecular complexity index is 477. The zero-order valence-corrected chi connectivity index (χ0v) is 10.1. The molecule has 0 aromatic carbocycles. The fraction of sp³-hybridized carbons (Fsp3) is 0.385. The smallest absolute Gasteiger partial charge is 0.329 e. The molecule has 0 saturated carbocycles. The molecule has 1 amide bonds. The van der Waals surface area contributed by atoms with Gasteiger partial charge in [0.2, 0.25) is 5.91 Å². The maximum atomic E-state index is 12.0. The zero-order valence-electron chi connectivity index (χ0n) is 10.1. The van der Waals surface area contributed by atoms with Gasteiger partial charge >= 0.3 is 5.97 Å². The number of hydrogen-bond donors (Lipinski definition) is 1. The molecule has 0 spiro atoms. The first kappa shape index (κ1) is 12.4. The second kappa shape index (κ2) is 4.68. The van der Waals surface area contributed by atoms with Crippen LogP contribution in [0.15, 0.2) is 28.9 Å². The first-order valence-electron chi connectivity index (χ1n) is 5.80. The van der Waals surface area contributed by atoms with Crippen LogP contribution in [0.3, 0.4) is 0 Å². The lowest BCUT2D eigenvalue weighted by atomic mass is 9.99. The highest BCUT2D eigenvalue weighted by atomic mass is 16.4. The number of carboxylic acids is 1. The molecule has 0 aliphatic carbocycles. The summed E-state index contributed by atoms with van der Waals surface area (Å²) in [5.41, 5.74) is -1.09. The summed E-state index contributed by atoms with van der Waals surface area (Å²) in [4.78, 5) is 24.6. The van der Waals surface area contributed by atoms with Gasteiger partial charge in [0.15, 0.2) is 0 Å². The molecule has 96 valence electrons. The predicted molar refractivity (Wildman–Crippen MR) is 64.7 cm³/mol. The van der Waals surface area contributed by atoms with Gasteiger partial charge in [0.25, 0.3) is 0 Å². The number of hydrogen-bond acceptors (Lipinski definition) is 3. The number of amides is 1. The minimum atomic E-state index is -1.09. The number of carboxylic acid groups (broad SMARTS) is 1. The Morgan fingerprint density at radius 2 is 2.33 bits per heavy atom. The number of carbonyl (C=O) groups excluding carboxylic acids is 1. The summed E-state index contributed by atoms with van der Waals surface area (Å²) in [6.07, 6.45) is 5.61. The quantitative estimate of drug-likeness (QED) is 0.828. The molecule has 1 aromatic heterocycles. The van der Waals surface area contributed by atoms with E-state index in [0.29, 0.717) is 25.1 Å². The van der Waals surface area contributed by atoms with Crippen LogP contribution < -0.4 is 0 Å². The topological polar surface area (TPSA) is 70.8 Å². The van der Waals surface area contributed by atoms with E-state index in [1.54, 1.807) is 25.1 Å². The number of rotatable bonds is 3. The Morgan fingerprint density at radius 1 is 1.56 bits per heavy atom. The molecule has 1 atom stereocenters. The Labute approximate surface area is 105 Å². The van der Waals surface area contributed by atoms with Crippen LogP contribution in [0.5, 0.6) is 0 Å². The van der Waals surface area contributed by atoms with Crippen molar-refractivity contribution < 1.29 is 19.1 Å². The average molecular weight is 249 g/mol. The second-order valence-electron chi connectivity index (χ2n) is 4.52. The summed E-state index contributed by atoms with van der Waals surface area (Å²) in [5, 5.41) is 9.21. The lowest BCUT2D eigenvalue weighted by Crippen LogP contribution is -2.50. The zero-order chi connectivity index (χ0) is 13.2. The van der Waals surface area contributed by atoms with E-state index < -0.39 is 11.5 Å². The van der Waals surface area contributed by atoms with Gasteiger partial charge in [-0.3, -0.25) is 4.79 Å². The second-order valence-corrected chi connectivity index (χ2v) is 4.52. The highest BCUT2D eigenvalue weighted by Crippen LogP contribution is 2.29. The number of furan rings is 1. The van der Waals surface area contributed by atoms with Crippen LogP contribution in [-0.4, -0.2) is 34.0 Å². The molecule has 0 bridgehead atoms. The van der Waals surface area contributed by atoms with Crippen molar-refractivity contribution in [2.75, 3.05) is 6.54 Å². The van der Waals surface area contributed by atoms with Crippen molar-refractivity contribution in [3.8, 4) is 0 Å². The molecule has 1 fully saturated rings. The molecule has 5 heteroatoms. The van der Waals surface area contributed by atoms with Crippen LogP contribution in [0, 0.1) is 0 Å². The van der Waals surface area contributed by atoms with E-state index in [2.05, 4.69) is 0 Å². The Morgan fingerprint density at radius 3 is 2.94 bits per heavy atom. The van der Waals surface area contributed by atoms with Crippen LogP contribution in [-0.2, 0) is 9.59 Å². The van der Waals surface area contributed by atoms with Crippen molar-refractivity contribution in [3.05, 3.63) is 30.2 Å². The highest BCUT2D eigenvalue weighted by molar-refractivity contribution is 5.95. The molecular formula is C13H15NO4. The van der Waals surface area contributed by atoms with Crippen molar-refractivity contribution >= 4 is 18.0 Å². The van der Waals surface area contributed by atoms with Gasteiger partial charge in [-0.05, 0) is 38.0 Å². The van der Waals surface area contributed by atoms with Gasteiger partial charge in [0.05, 0.1) is 6.26 Å². The molecule has 18 heavy (non-hydrogen) atoms. The van der Waals surface area contributed by atoms with Crippen LogP contribution in [0.25, 0.3) is 6.08 Å². The monoisotopic (exact) mass is 249 g/mol. The minimum absolute atomic E-state index is 0.297. The third kappa shape index (κ3) is 2.16. The lowest BCUT2D eigenvalue weighted by molar-refractivity contribution is -0.153. The summed E-state index contributed by atoms with van der Waals surface area (Å²) in [6.45, 7) is 2.06. The average Bonchev–Trinajstić information content (AvgIpc) is 2.95. The standard InChI is InChI=1S/C13H15NO4/c1-13(12(16)17)7-3-8-14(13)11(15)6-5-10-4-2-9-18-10/h2,4-6,9H,3,7-8H2,1H3,(H,16,17). The van der Waals surface area contributed by atoms with E-state index in [1.165, 1.54) is 17.2 Å². The van der Waals surface area contributed by atoms with Gasteiger partial charge in [-0.15, -0.1) is 0 Å². The van der Waals surface area contributed by atoms with Crippen molar-refractivity contribution in [3.63, 3.8) is 0 Å². The van der Waals surface area contributed by atoms with E-state index in [-0.39, 0.29) is 5.91 Å². The molecular weight excluding hydrogens is 234 g/mol. The van der Waals surface area contributed by atoms with Gasteiger partial charge < -0.3 is 14.4 Å². The van der Waals surface area contributed by atoms with E-state index >= 15 is 0 Å². The van der Waals surface area contributed by atoms with Crippen molar-refractivity contribution in [1.82, 2.24) is 4.90 Å². The van der Waals surface area contributed by atoms with Gasteiger partial charge in [0, 0.05) is 12.6 Å². The number of likely N-dealkylation sites (tertiary alicyclic amines) is 1. The summed E-state index contributed by atoms with van der Waals surface area (Å²) >= 11 is 0. The minimum Gasteiger partial charge on any atom is -0.480 e. The van der Waals surface area contributed by atoms with E-state index in [1.807, 2.05) is 0 Å². The van der Waals surface area contributed by atoms with Gasteiger partial charge in [0.1, 0.15) is 11.3 Å². The van der Waals surface area contributed by atoms with E-state index in [9.17, 15) is 14.7 Å². The molecule has 5 nitrogen and oxygen atoms in total. The Hall–Kier alpha value is -2.04. The Balaban J connectivity index is 2.12. The first-order chi connectivity index (χ1) is 8.54. The summed E-state index contributed by atoms with van der Waals surface area (Å²) < 4.78 is 5.07. The predicted octanol–water partition coefficient (Wildman–Crippen LogP) is 1.76. The summed E-state index contributed by atoms with van der Waals surface area (Å²) in [6, 6.07) is 3.45. The van der Waals surface area contributed by atoms with Gasteiger partial charge in [-0.1, -0.05) is 0 Å². The fourth-order valence-corrected chi connectivity index (χ4v) is 2.17. The highest BCUT2D eigenvalue weighted by Gasteiger charge is 2.45. The molecule has 1 saturated heterocycles. The molecule has 2 rings (SSSR count). The summed E-state index contributed by atoms with van der Waals surface area (Å²) in [7, 11) is 0. The van der Waals surface area contributed by atoms with E-state index in [4.69, 9.17) is 4.42 Å². The molecule has 1 unspecified atom stereocenters. The van der Waals surface area contributed by atoms with Crippen LogP contribution in [0.1, 0.15) is 25.5 Å². The molecule has 0 radical (unpaired) electrons. The number of nitrogens with zero attached hydrogens (tertiary/aromatic N) is 1. The molecule has 2 heterocycles. The lowest BCUT2D eigenvalue weighted by Gasteiger charge is -2.30. The molecule has 1 aliphatic rings. The number of carbonyl (C=O) groups is 2. The SMILES string of the molecule is CC1(C(=O)O)CCCN1C(=O)C=Cc1ccco1. The first-order valence-corrected chi connectivity index (χ1v) is 5.80. The Kier molecular flexibility index (Phi) is 3.23. The number of aliphatic carboxylic acids is 1. The largest absolute Gasteiger partial charge is 0.480 e. The molecule has 1 aromatic rings. The van der Waals surface area contributed by atoms with Crippen molar-refractivity contribution in [1.29, 1.82) is 0 Å². The summed E-state index contributed by atoms with van der Waals surface area (Å²) in [5.74, 6) is -0.687. The molecule has 1 N–H and O–H groups in total. The van der Waals surface area contributed by atoms with Crippen molar-refractivity contribution in [2.24, 2.45) is 0 Å². The maximum absolute atomic E-state index is 12.0. The van der Waals surface area contributed by atoms with Gasteiger partial charge in [-0.2, -0.15) is 0 Å². The fourth-order valence-electron chi connectivity index (χ4n) is 2.17. The third-order valence-corrected chi connectivity index (χ3v) is 3.30. The van der Waals surface area contributed by atoms with Gasteiger partial charge in [-0.25, -0.2) is 4.79 Å². The van der Waals surface area contributed by atoms with E-state index in [0.717, 1.165) is 0 Å². The van der Waals surface area contributed by atoms with Crippen LogP contribution in [0.2, 0.25) is 0 Å². The van der Waals surface area contributed by atoms with Crippen molar-refractivity contribution in [2.45, 2.75) is 25.3 Å².